The van der Waals surface area contributed by atoms with E-state index in [1.165, 1.54) is 0 Å². The van der Waals surface area contributed by atoms with Gasteiger partial charge in [-0.3, -0.25) is 9.79 Å². The number of primary amides is 1. The van der Waals surface area contributed by atoms with E-state index in [9.17, 15) is 4.79 Å². The topological polar surface area (TPSA) is 107 Å². The van der Waals surface area contributed by atoms with Crippen molar-refractivity contribution in [3.63, 3.8) is 0 Å². The number of carbonyl (C=O) groups excluding carboxylic acids is 1. The largest absolute Gasteiger partial charge is 0.370 e. The summed E-state index contributed by atoms with van der Waals surface area (Å²) in [5, 5.41) is 0. The van der Waals surface area contributed by atoms with Crippen LogP contribution >= 0.6 is 0 Å². The molecule has 0 fully saturated rings. The summed E-state index contributed by atoms with van der Waals surface area (Å²) in [5.41, 5.74) is 15.7. The van der Waals surface area contributed by atoms with E-state index in [1.807, 2.05) is 0 Å². The molecule has 0 aromatic heterocycles. The first-order valence-electron chi connectivity index (χ1n) is 4.07. The predicted molar refractivity (Wildman–Crippen MR) is 52.9 cm³/mol. The van der Waals surface area contributed by atoms with E-state index in [0.717, 1.165) is 12.8 Å². The van der Waals surface area contributed by atoms with Gasteiger partial charge in [0, 0.05) is 12.1 Å². The maximum absolute atomic E-state index is 10.5. The number of aliphatic imine (C=N–C) groups is 1. The normalized spacial score (nSPS) is 9.23. The molecule has 5 heteroatoms. The fourth-order valence-electron chi connectivity index (χ4n) is 0.782. The second-order valence-electron chi connectivity index (χ2n) is 2.73. The molecule has 0 rings (SSSR count). The molecule has 13 heavy (non-hydrogen) atoms. The SMILES string of the molecule is C=C(CCCCN=C(N)N)C(N)=O. The van der Waals surface area contributed by atoms with Gasteiger partial charge in [-0.1, -0.05) is 6.58 Å². The number of rotatable bonds is 6. The molecular weight excluding hydrogens is 168 g/mol. The van der Waals surface area contributed by atoms with E-state index in [1.54, 1.807) is 0 Å². The monoisotopic (exact) mass is 184 g/mol. The number of hydrogen-bond donors (Lipinski definition) is 3. The van der Waals surface area contributed by atoms with Crippen LogP contribution in [0.3, 0.4) is 0 Å². The van der Waals surface area contributed by atoms with Crippen LogP contribution in [0.25, 0.3) is 0 Å². The van der Waals surface area contributed by atoms with Gasteiger partial charge in [-0.05, 0) is 19.3 Å². The fraction of sp³-hybridized carbons (Fsp3) is 0.500. The van der Waals surface area contributed by atoms with E-state index >= 15 is 0 Å². The second-order valence-corrected chi connectivity index (χ2v) is 2.73. The number of nitrogens with zero attached hydrogens (tertiary/aromatic N) is 1. The standard InChI is InChI=1S/C8H16N4O/c1-6(7(9)13)4-2-3-5-12-8(10)11/h1-5H2,(H2,9,13)(H4,10,11,12). The summed E-state index contributed by atoms with van der Waals surface area (Å²) in [7, 11) is 0. The first kappa shape index (κ1) is 11.5. The molecule has 5 nitrogen and oxygen atoms in total. The maximum Gasteiger partial charge on any atom is 0.244 e. The third-order valence-electron chi connectivity index (χ3n) is 1.53. The van der Waals surface area contributed by atoms with E-state index in [0.29, 0.717) is 18.5 Å². The van der Waals surface area contributed by atoms with Crippen LogP contribution in [0.1, 0.15) is 19.3 Å². The highest BCUT2D eigenvalue weighted by atomic mass is 16.1. The van der Waals surface area contributed by atoms with Crippen LogP contribution in [0.5, 0.6) is 0 Å². The van der Waals surface area contributed by atoms with Gasteiger partial charge < -0.3 is 17.2 Å². The maximum atomic E-state index is 10.5. The van der Waals surface area contributed by atoms with Crippen LogP contribution in [0.2, 0.25) is 0 Å². The minimum absolute atomic E-state index is 0.0914. The van der Waals surface area contributed by atoms with E-state index in [4.69, 9.17) is 17.2 Å². The third-order valence-corrected chi connectivity index (χ3v) is 1.53. The van der Waals surface area contributed by atoms with E-state index in [-0.39, 0.29) is 5.96 Å². The van der Waals surface area contributed by atoms with Gasteiger partial charge in [0.25, 0.3) is 0 Å². The van der Waals surface area contributed by atoms with Gasteiger partial charge in [-0.15, -0.1) is 0 Å². The highest BCUT2D eigenvalue weighted by molar-refractivity contribution is 5.91. The summed E-state index contributed by atoms with van der Waals surface area (Å²) >= 11 is 0. The van der Waals surface area contributed by atoms with Gasteiger partial charge in [-0.2, -0.15) is 0 Å². The lowest BCUT2D eigenvalue weighted by Gasteiger charge is -1.99. The Hall–Kier alpha value is -1.52. The lowest BCUT2D eigenvalue weighted by molar-refractivity contribution is -0.114. The zero-order valence-corrected chi connectivity index (χ0v) is 7.62. The van der Waals surface area contributed by atoms with Crippen molar-refractivity contribution in [3.8, 4) is 0 Å². The van der Waals surface area contributed by atoms with Crippen LogP contribution in [0.4, 0.5) is 0 Å². The molecule has 0 aromatic carbocycles. The molecule has 0 atom stereocenters. The van der Waals surface area contributed by atoms with Crippen molar-refractivity contribution in [3.05, 3.63) is 12.2 Å². The molecule has 0 aromatic rings. The zero-order valence-electron chi connectivity index (χ0n) is 7.62. The van der Waals surface area contributed by atoms with Crippen LogP contribution in [-0.2, 0) is 4.79 Å². The number of hydrogen-bond acceptors (Lipinski definition) is 2. The number of amides is 1. The van der Waals surface area contributed by atoms with Gasteiger partial charge in [0.2, 0.25) is 5.91 Å². The summed E-state index contributed by atoms with van der Waals surface area (Å²) < 4.78 is 0. The minimum atomic E-state index is -0.443. The second kappa shape index (κ2) is 6.05. The first-order chi connectivity index (χ1) is 6.04. The molecule has 0 aliphatic carbocycles. The number of carbonyl (C=O) groups is 1. The Morgan fingerprint density at radius 3 is 2.31 bits per heavy atom. The quantitative estimate of drug-likeness (QED) is 0.223. The summed E-state index contributed by atoms with van der Waals surface area (Å²) in [5.74, 6) is -0.351. The molecule has 0 aliphatic rings. The molecule has 0 heterocycles. The molecule has 0 saturated carbocycles. The highest BCUT2D eigenvalue weighted by Gasteiger charge is 1.99. The molecule has 0 spiro atoms. The Labute approximate surface area is 77.7 Å². The van der Waals surface area contributed by atoms with Crippen molar-refractivity contribution >= 4 is 11.9 Å². The van der Waals surface area contributed by atoms with Crippen LogP contribution in [0.15, 0.2) is 17.1 Å². The lowest BCUT2D eigenvalue weighted by Crippen LogP contribution is -2.22. The Morgan fingerprint density at radius 1 is 1.23 bits per heavy atom. The predicted octanol–water partition coefficient (Wildman–Crippen LogP) is -0.528. The van der Waals surface area contributed by atoms with Crippen molar-refractivity contribution in [1.82, 2.24) is 0 Å². The molecule has 0 radical (unpaired) electrons. The van der Waals surface area contributed by atoms with E-state index in [2.05, 4.69) is 11.6 Å². The Morgan fingerprint density at radius 2 is 1.85 bits per heavy atom. The van der Waals surface area contributed by atoms with Crippen molar-refractivity contribution in [2.45, 2.75) is 19.3 Å². The average Bonchev–Trinajstić information content (AvgIpc) is 2.02. The number of guanidine groups is 1. The summed E-state index contributed by atoms with van der Waals surface area (Å²) in [6.45, 7) is 4.10. The lowest BCUT2D eigenvalue weighted by atomic mass is 10.1. The van der Waals surface area contributed by atoms with Crippen LogP contribution in [-0.4, -0.2) is 18.4 Å². The summed E-state index contributed by atoms with van der Waals surface area (Å²) in [6, 6.07) is 0. The van der Waals surface area contributed by atoms with Crippen molar-refractivity contribution in [2.75, 3.05) is 6.54 Å². The Bertz CT molecular complexity index is 218. The molecule has 0 saturated heterocycles. The van der Waals surface area contributed by atoms with Crippen molar-refractivity contribution in [2.24, 2.45) is 22.2 Å². The number of nitrogens with two attached hydrogens (primary N) is 3. The van der Waals surface area contributed by atoms with Gasteiger partial charge in [0.15, 0.2) is 5.96 Å². The fourth-order valence-corrected chi connectivity index (χ4v) is 0.782. The van der Waals surface area contributed by atoms with Crippen molar-refractivity contribution in [1.29, 1.82) is 0 Å². The molecule has 0 unspecified atom stereocenters. The highest BCUT2D eigenvalue weighted by Crippen LogP contribution is 2.03. The van der Waals surface area contributed by atoms with Gasteiger partial charge in [0.05, 0.1) is 0 Å². The van der Waals surface area contributed by atoms with Gasteiger partial charge in [-0.25, -0.2) is 0 Å². The Balaban J connectivity index is 3.42. The first-order valence-corrected chi connectivity index (χ1v) is 4.07. The van der Waals surface area contributed by atoms with Crippen LogP contribution < -0.4 is 17.2 Å². The molecule has 74 valence electrons. The third kappa shape index (κ3) is 6.86. The minimum Gasteiger partial charge on any atom is -0.370 e. The smallest absolute Gasteiger partial charge is 0.244 e. The molecule has 1 amide bonds. The van der Waals surface area contributed by atoms with E-state index < -0.39 is 5.91 Å². The Kier molecular flexibility index (Phi) is 5.34. The summed E-state index contributed by atoms with van der Waals surface area (Å²) in [4.78, 5) is 14.3. The average molecular weight is 184 g/mol. The van der Waals surface area contributed by atoms with Gasteiger partial charge >= 0.3 is 0 Å². The summed E-state index contributed by atoms with van der Waals surface area (Å²) in [6.07, 6.45) is 2.25. The molecule has 6 N–H and O–H groups in total. The zero-order chi connectivity index (χ0) is 10.3. The molecular formula is C8H16N4O. The van der Waals surface area contributed by atoms with Crippen LogP contribution in [0, 0.1) is 0 Å². The number of unbranched alkanes of at least 4 members (excludes halogenated alkanes) is 1. The molecule has 0 bridgehead atoms. The molecule has 0 aliphatic heterocycles. The van der Waals surface area contributed by atoms with Gasteiger partial charge in [0.1, 0.15) is 0 Å². The van der Waals surface area contributed by atoms with Crippen molar-refractivity contribution < 1.29 is 4.79 Å².